The summed E-state index contributed by atoms with van der Waals surface area (Å²) in [5, 5.41) is 0. The Labute approximate surface area is 168 Å². The first-order valence-corrected chi connectivity index (χ1v) is 10.5. The summed E-state index contributed by atoms with van der Waals surface area (Å²) in [6.45, 7) is 0. The molecule has 150 valence electrons. The first-order valence-electron chi connectivity index (χ1n) is 8.57. The molecule has 2 aromatic rings. The monoisotopic (exact) mass is 413 g/mol. The van der Waals surface area contributed by atoms with Crippen molar-refractivity contribution in [3.05, 3.63) is 72.1 Å². The van der Waals surface area contributed by atoms with Crippen LogP contribution in [0.5, 0.6) is 0 Å². The lowest BCUT2D eigenvalue weighted by atomic mass is 9.89. The fraction of sp³-hybridized carbons (Fsp3) is 0.190. The summed E-state index contributed by atoms with van der Waals surface area (Å²) in [6, 6.07) is 9.70. The predicted octanol–water partition coefficient (Wildman–Crippen LogP) is 2.30. The van der Waals surface area contributed by atoms with Gasteiger partial charge in [-0.3, -0.25) is 14.6 Å². The number of aromatic nitrogens is 1. The van der Waals surface area contributed by atoms with Gasteiger partial charge in [-0.15, -0.1) is 0 Å². The van der Waals surface area contributed by atoms with E-state index in [0.717, 1.165) is 11.8 Å². The highest BCUT2D eigenvalue weighted by molar-refractivity contribution is 7.90. The van der Waals surface area contributed by atoms with Crippen LogP contribution in [-0.2, 0) is 28.9 Å². The first-order chi connectivity index (χ1) is 13.7. The number of nitrogens with zero attached hydrogens (tertiary/aromatic N) is 1. The smallest absolute Gasteiger partial charge is 0.331 e. The first kappa shape index (κ1) is 20.5. The van der Waals surface area contributed by atoms with Crippen molar-refractivity contribution in [2.75, 3.05) is 20.5 Å². The molecule has 1 aliphatic carbocycles. The lowest BCUT2D eigenvalue weighted by Gasteiger charge is -2.18. The molecule has 0 N–H and O–H groups in total. The van der Waals surface area contributed by atoms with E-state index in [0.29, 0.717) is 16.7 Å². The van der Waals surface area contributed by atoms with E-state index in [1.54, 1.807) is 36.7 Å². The standard InChI is InChI=1S/C21H19NO6S/c1-27-19(23)21(20(24)28-2)12-17(18(13-21)15-8-10-22-11-9-15)14-4-6-16(7-5-14)29(3,25)26/h4-13H,1-3H3. The molecule has 0 aliphatic heterocycles. The van der Waals surface area contributed by atoms with Crippen molar-refractivity contribution in [2.45, 2.75) is 4.90 Å². The molecule has 0 atom stereocenters. The predicted molar refractivity (Wildman–Crippen MR) is 106 cm³/mol. The highest BCUT2D eigenvalue weighted by Gasteiger charge is 2.49. The molecule has 0 radical (unpaired) electrons. The zero-order chi connectivity index (χ0) is 21.2. The number of ether oxygens (including phenoxy) is 2. The lowest BCUT2D eigenvalue weighted by Crippen LogP contribution is -2.36. The van der Waals surface area contributed by atoms with Gasteiger partial charge in [0.2, 0.25) is 5.41 Å². The third-order valence-electron chi connectivity index (χ3n) is 4.67. The molecule has 1 aliphatic rings. The number of hydrogen-bond acceptors (Lipinski definition) is 7. The van der Waals surface area contributed by atoms with E-state index in [9.17, 15) is 18.0 Å². The summed E-state index contributed by atoms with van der Waals surface area (Å²) in [7, 11) is -0.969. The van der Waals surface area contributed by atoms with Crippen molar-refractivity contribution in [3.8, 4) is 0 Å². The largest absolute Gasteiger partial charge is 0.468 e. The van der Waals surface area contributed by atoms with Gasteiger partial charge in [-0.05, 0) is 58.7 Å². The molecule has 0 saturated heterocycles. The van der Waals surface area contributed by atoms with Gasteiger partial charge < -0.3 is 9.47 Å². The summed E-state index contributed by atoms with van der Waals surface area (Å²) >= 11 is 0. The van der Waals surface area contributed by atoms with Gasteiger partial charge in [0.1, 0.15) is 0 Å². The Morgan fingerprint density at radius 1 is 0.828 bits per heavy atom. The molecule has 1 aromatic heterocycles. The molecule has 29 heavy (non-hydrogen) atoms. The quantitative estimate of drug-likeness (QED) is 0.548. The third kappa shape index (κ3) is 3.71. The number of benzene rings is 1. The van der Waals surface area contributed by atoms with Gasteiger partial charge in [0.25, 0.3) is 0 Å². The van der Waals surface area contributed by atoms with Gasteiger partial charge >= 0.3 is 11.9 Å². The molecule has 0 saturated carbocycles. The van der Waals surface area contributed by atoms with Crippen molar-refractivity contribution in [3.63, 3.8) is 0 Å². The number of allylic oxidation sites excluding steroid dienone is 2. The van der Waals surface area contributed by atoms with Crippen LogP contribution in [0.2, 0.25) is 0 Å². The van der Waals surface area contributed by atoms with E-state index >= 15 is 0 Å². The van der Waals surface area contributed by atoms with E-state index in [2.05, 4.69) is 4.98 Å². The zero-order valence-corrected chi connectivity index (χ0v) is 16.9. The number of carbonyl (C=O) groups excluding carboxylic acids is 2. The Balaban J connectivity index is 2.22. The molecular formula is C21H19NO6S. The summed E-state index contributed by atoms with van der Waals surface area (Å²) in [5.74, 6) is -1.56. The van der Waals surface area contributed by atoms with Crippen LogP contribution in [0.3, 0.4) is 0 Å². The number of carbonyl (C=O) groups is 2. The number of pyridine rings is 1. The molecule has 0 spiro atoms. The number of methoxy groups -OCH3 is 2. The van der Waals surface area contributed by atoms with Crippen LogP contribution in [-0.4, -0.2) is 45.8 Å². The molecular weight excluding hydrogens is 394 g/mol. The Hall–Kier alpha value is -3.26. The second kappa shape index (κ2) is 7.63. The van der Waals surface area contributed by atoms with Crippen molar-refractivity contribution in [1.82, 2.24) is 4.98 Å². The highest BCUT2D eigenvalue weighted by atomic mass is 32.2. The maximum absolute atomic E-state index is 12.6. The minimum absolute atomic E-state index is 0.168. The normalized spacial score (nSPS) is 15.3. The number of rotatable bonds is 5. The van der Waals surface area contributed by atoms with Crippen molar-refractivity contribution in [1.29, 1.82) is 0 Å². The Kier molecular flexibility index (Phi) is 5.39. The van der Waals surface area contributed by atoms with Crippen LogP contribution < -0.4 is 0 Å². The van der Waals surface area contributed by atoms with Crippen molar-refractivity contribution < 1.29 is 27.5 Å². The van der Waals surface area contributed by atoms with Gasteiger partial charge in [0.05, 0.1) is 19.1 Å². The highest BCUT2D eigenvalue weighted by Crippen LogP contribution is 2.45. The van der Waals surface area contributed by atoms with Crippen LogP contribution in [0.1, 0.15) is 11.1 Å². The van der Waals surface area contributed by atoms with Gasteiger partial charge in [-0.1, -0.05) is 12.1 Å². The van der Waals surface area contributed by atoms with E-state index in [1.165, 1.54) is 38.5 Å². The minimum Gasteiger partial charge on any atom is -0.468 e. The zero-order valence-electron chi connectivity index (χ0n) is 16.1. The molecule has 3 rings (SSSR count). The molecule has 0 unspecified atom stereocenters. The molecule has 1 aromatic carbocycles. The lowest BCUT2D eigenvalue weighted by molar-refractivity contribution is -0.161. The minimum atomic E-state index is -3.36. The molecule has 0 bridgehead atoms. The van der Waals surface area contributed by atoms with Crippen molar-refractivity contribution >= 4 is 32.9 Å². The second-order valence-corrected chi connectivity index (χ2v) is 8.52. The summed E-state index contributed by atoms with van der Waals surface area (Å²) in [6.07, 6.45) is 7.29. The second-order valence-electron chi connectivity index (χ2n) is 6.50. The molecule has 0 amide bonds. The SMILES string of the molecule is COC(=O)C1(C(=O)OC)C=C(c2ccncc2)C(c2ccc(S(C)(=O)=O)cc2)=C1. The molecule has 1 heterocycles. The Morgan fingerprint density at radius 3 is 1.69 bits per heavy atom. The van der Waals surface area contributed by atoms with E-state index in [-0.39, 0.29) is 4.90 Å². The number of hydrogen-bond donors (Lipinski definition) is 0. The van der Waals surface area contributed by atoms with Gasteiger partial charge in [0, 0.05) is 18.6 Å². The maximum Gasteiger partial charge on any atom is 0.331 e. The molecule has 8 heteroatoms. The average Bonchev–Trinajstić information content (AvgIpc) is 3.14. The average molecular weight is 413 g/mol. The van der Waals surface area contributed by atoms with Crippen LogP contribution in [0.15, 0.2) is 65.8 Å². The topological polar surface area (TPSA) is 99.6 Å². The van der Waals surface area contributed by atoms with Crippen LogP contribution in [0.4, 0.5) is 0 Å². The summed E-state index contributed by atoms with van der Waals surface area (Å²) in [4.78, 5) is 29.3. The Morgan fingerprint density at radius 2 is 1.28 bits per heavy atom. The van der Waals surface area contributed by atoms with E-state index < -0.39 is 27.2 Å². The maximum atomic E-state index is 12.6. The van der Waals surface area contributed by atoms with E-state index in [1.807, 2.05) is 0 Å². The van der Waals surface area contributed by atoms with Gasteiger partial charge in [0.15, 0.2) is 9.84 Å². The summed E-state index contributed by atoms with van der Waals surface area (Å²) < 4.78 is 33.3. The number of esters is 2. The van der Waals surface area contributed by atoms with Gasteiger partial charge in [-0.25, -0.2) is 8.42 Å². The van der Waals surface area contributed by atoms with Crippen LogP contribution in [0.25, 0.3) is 11.1 Å². The van der Waals surface area contributed by atoms with Crippen molar-refractivity contribution in [2.24, 2.45) is 5.41 Å². The molecule has 0 fully saturated rings. The van der Waals surface area contributed by atoms with Gasteiger partial charge in [-0.2, -0.15) is 0 Å². The van der Waals surface area contributed by atoms with Crippen LogP contribution >= 0.6 is 0 Å². The fourth-order valence-corrected chi connectivity index (χ4v) is 3.83. The third-order valence-corrected chi connectivity index (χ3v) is 5.79. The number of sulfone groups is 1. The Bertz CT molecular complexity index is 1100. The molecule has 7 nitrogen and oxygen atoms in total. The van der Waals surface area contributed by atoms with E-state index in [4.69, 9.17) is 9.47 Å². The summed E-state index contributed by atoms with van der Waals surface area (Å²) in [5.41, 5.74) is 0.804. The fourth-order valence-electron chi connectivity index (χ4n) is 3.20. The van der Waals surface area contributed by atoms with Crippen LogP contribution in [0, 0.1) is 5.41 Å².